The van der Waals surface area contributed by atoms with Crippen LogP contribution in [0.25, 0.3) is 10.9 Å². The molecule has 1 atom stereocenters. The number of nitrogens with zero attached hydrogens (tertiary/aromatic N) is 3. The van der Waals surface area contributed by atoms with Crippen LogP contribution in [0.5, 0.6) is 5.75 Å². The van der Waals surface area contributed by atoms with Gasteiger partial charge in [-0.05, 0) is 35.9 Å². The number of rotatable bonds is 7. The van der Waals surface area contributed by atoms with E-state index in [1.54, 1.807) is 42.7 Å². The zero-order chi connectivity index (χ0) is 23.4. The molecule has 3 N–H and O–H groups in total. The van der Waals surface area contributed by atoms with Gasteiger partial charge in [0.2, 0.25) is 5.91 Å². The number of aromatic nitrogens is 2. The lowest BCUT2D eigenvalue weighted by Gasteiger charge is -2.22. The molecular formula is C23H18ClN5O4. The zero-order valence-electron chi connectivity index (χ0n) is 17.1. The summed E-state index contributed by atoms with van der Waals surface area (Å²) in [6.45, 7) is -0.0859. The second-order valence-corrected chi connectivity index (χ2v) is 7.55. The van der Waals surface area contributed by atoms with Gasteiger partial charge >= 0.3 is 0 Å². The molecule has 2 heterocycles. The Balaban J connectivity index is 1.73. The minimum absolute atomic E-state index is 0.0859. The molecule has 0 saturated heterocycles. The fourth-order valence-corrected chi connectivity index (χ4v) is 3.72. The summed E-state index contributed by atoms with van der Waals surface area (Å²) in [5.41, 5.74) is 1.44. The Morgan fingerprint density at radius 2 is 1.97 bits per heavy atom. The van der Waals surface area contributed by atoms with Crippen molar-refractivity contribution >= 4 is 39.8 Å². The van der Waals surface area contributed by atoms with Crippen molar-refractivity contribution in [2.24, 2.45) is 0 Å². The first-order valence-electron chi connectivity index (χ1n) is 9.87. The molecule has 2 aromatic carbocycles. The standard InChI is InChI=1S/C23H18ClN5O4/c24-19-11-18(23(31)22-17(19)7-3-9-26-22)21(14-4-1-6-16(10-14)29(32)33)28-20(30)13-27-15-5-2-8-25-12-15/h1-12,21,27,31H,13H2,(H,28,30). The number of benzene rings is 2. The Labute approximate surface area is 193 Å². The molecule has 9 nitrogen and oxygen atoms in total. The van der Waals surface area contributed by atoms with Crippen molar-refractivity contribution in [3.63, 3.8) is 0 Å². The van der Waals surface area contributed by atoms with Crippen LogP contribution in [-0.4, -0.2) is 32.4 Å². The average molecular weight is 464 g/mol. The molecule has 10 heteroatoms. The van der Waals surface area contributed by atoms with E-state index in [1.165, 1.54) is 30.5 Å². The summed E-state index contributed by atoms with van der Waals surface area (Å²) in [5, 5.41) is 28.9. The topological polar surface area (TPSA) is 130 Å². The summed E-state index contributed by atoms with van der Waals surface area (Å²) >= 11 is 6.43. The SMILES string of the molecule is O=C(CNc1cccnc1)NC(c1cccc([N+](=O)[O-])c1)c1cc(Cl)c2cccnc2c1O. The van der Waals surface area contributed by atoms with Crippen molar-refractivity contribution < 1.29 is 14.8 Å². The molecule has 4 rings (SSSR count). The van der Waals surface area contributed by atoms with E-state index in [4.69, 9.17) is 11.6 Å². The maximum Gasteiger partial charge on any atom is 0.269 e. The molecular weight excluding hydrogens is 446 g/mol. The van der Waals surface area contributed by atoms with Gasteiger partial charge in [-0.15, -0.1) is 0 Å². The van der Waals surface area contributed by atoms with E-state index >= 15 is 0 Å². The summed E-state index contributed by atoms with van der Waals surface area (Å²) in [6.07, 6.45) is 4.71. The lowest BCUT2D eigenvalue weighted by Crippen LogP contribution is -2.34. The summed E-state index contributed by atoms with van der Waals surface area (Å²) in [4.78, 5) is 31.8. The minimum Gasteiger partial charge on any atom is -0.505 e. The number of phenolic OH excluding ortho intramolecular Hbond substituents is 1. The third kappa shape index (κ3) is 4.83. The quantitative estimate of drug-likeness (QED) is 0.276. The first kappa shape index (κ1) is 22.0. The van der Waals surface area contributed by atoms with Crippen molar-refractivity contribution in [3.05, 3.63) is 99.5 Å². The number of pyridine rings is 2. The summed E-state index contributed by atoms with van der Waals surface area (Å²) < 4.78 is 0. The number of aromatic hydroxyl groups is 1. The van der Waals surface area contributed by atoms with Crippen LogP contribution in [0, 0.1) is 10.1 Å². The molecule has 0 spiro atoms. The Kier molecular flexibility index (Phi) is 6.32. The number of halogens is 1. The van der Waals surface area contributed by atoms with E-state index in [2.05, 4.69) is 20.6 Å². The van der Waals surface area contributed by atoms with Crippen LogP contribution in [0.1, 0.15) is 17.2 Å². The molecule has 4 aromatic rings. The summed E-state index contributed by atoms with van der Waals surface area (Å²) in [5.74, 6) is -0.584. The minimum atomic E-state index is -0.919. The predicted molar refractivity (Wildman–Crippen MR) is 124 cm³/mol. The lowest BCUT2D eigenvalue weighted by molar-refractivity contribution is -0.384. The van der Waals surface area contributed by atoms with Crippen molar-refractivity contribution in [1.82, 2.24) is 15.3 Å². The lowest BCUT2D eigenvalue weighted by atomic mass is 9.95. The van der Waals surface area contributed by atoms with Gasteiger partial charge in [-0.25, -0.2) is 0 Å². The summed E-state index contributed by atoms with van der Waals surface area (Å²) in [7, 11) is 0. The molecule has 0 fully saturated rings. The molecule has 0 aliphatic heterocycles. The number of carbonyl (C=O) groups is 1. The van der Waals surface area contributed by atoms with E-state index in [9.17, 15) is 20.0 Å². The van der Waals surface area contributed by atoms with Crippen molar-refractivity contribution in [2.45, 2.75) is 6.04 Å². The largest absolute Gasteiger partial charge is 0.505 e. The van der Waals surface area contributed by atoms with Crippen LogP contribution >= 0.6 is 11.6 Å². The van der Waals surface area contributed by atoms with Gasteiger partial charge in [0.15, 0.2) is 0 Å². The van der Waals surface area contributed by atoms with E-state index in [-0.39, 0.29) is 29.1 Å². The molecule has 0 saturated carbocycles. The highest BCUT2D eigenvalue weighted by Gasteiger charge is 2.24. The van der Waals surface area contributed by atoms with Crippen LogP contribution in [0.15, 0.2) is 73.2 Å². The molecule has 0 aliphatic rings. The molecule has 1 unspecified atom stereocenters. The van der Waals surface area contributed by atoms with E-state index in [0.717, 1.165) is 0 Å². The van der Waals surface area contributed by atoms with Crippen molar-refractivity contribution in [1.29, 1.82) is 0 Å². The van der Waals surface area contributed by atoms with Gasteiger partial charge in [0.05, 0.1) is 28.2 Å². The Morgan fingerprint density at radius 3 is 2.73 bits per heavy atom. The molecule has 2 aromatic heterocycles. The highest BCUT2D eigenvalue weighted by Crippen LogP contribution is 2.38. The fraction of sp³-hybridized carbons (Fsp3) is 0.0870. The first-order valence-corrected chi connectivity index (χ1v) is 10.3. The average Bonchev–Trinajstić information content (AvgIpc) is 2.84. The van der Waals surface area contributed by atoms with Crippen LogP contribution in [-0.2, 0) is 4.79 Å². The van der Waals surface area contributed by atoms with Crippen molar-refractivity contribution in [3.8, 4) is 5.75 Å². The highest BCUT2D eigenvalue weighted by atomic mass is 35.5. The number of nitro groups is 1. The fourth-order valence-electron chi connectivity index (χ4n) is 3.45. The molecule has 0 bridgehead atoms. The number of hydrogen-bond donors (Lipinski definition) is 3. The summed E-state index contributed by atoms with van der Waals surface area (Å²) in [6, 6.07) is 13.3. The molecule has 0 aliphatic carbocycles. The molecule has 166 valence electrons. The third-order valence-electron chi connectivity index (χ3n) is 4.99. The molecule has 33 heavy (non-hydrogen) atoms. The Morgan fingerprint density at radius 1 is 1.15 bits per heavy atom. The van der Waals surface area contributed by atoms with Gasteiger partial charge in [0.1, 0.15) is 11.3 Å². The molecule has 0 radical (unpaired) electrons. The highest BCUT2D eigenvalue weighted by molar-refractivity contribution is 6.35. The number of carbonyl (C=O) groups excluding carboxylic acids is 1. The number of amides is 1. The van der Waals surface area contributed by atoms with Gasteiger partial charge in [0.25, 0.3) is 5.69 Å². The number of anilines is 1. The molecule has 1 amide bonds. The van der Waals surface area contributed by atoms with E-state index in [1.807, 2.05) is 0 Å². The monoisotopic (exact) mass is 463 g/mol. The van der Waals surface area contributed by atoms with Crippen molar-refractivity contribution in [2.75, 3.05) is 11.9 Å². The van der Waals surface area contributed by atoms with Crippen LogP contribution < -0.4 is 10.6 Å². The van der Waals surface area contributed by atoms with Gasteiger partial charge < -0.3 is 15.7 Å². The number of hydrogen-bond acceptors (Lipinski definition) is 7. The normalized spacial score (nSPS) is 11.7. The first-order chi connectivity index (χ1) is 15.9. The second-order valence-electron chi connectivity index (χ2n) is 7.14. The third-order valence-corrected chi connectivity index (χ3v) is 5.30. The maximum absolute atomic E-state index is 12.8. The number of non-ortho nitro benzene ring substituents is 1. The van der Waals surface area contributed by atoms with Gasteiger partial charge in [-0.1, -0.05) is 23.7 Å². The van der Waals surface area contributed by atoms with Crippen LogP contribution in [0.2, 0.25) is 5.02 Å². The van der Waals surface area contributed by atoms with Crippen LogP contribution in [0.3, 0.4) is 0 Å². The predicted octanol–water partition coefficient (Wildman–Crippen LogP) is 4.21. The maximum atomic E-state index is 12.8. The van der Waals surface area contributed by atoms with Gasteiger partial charge in [-0.2, -0.15) is 0 Å². The number of nitrogens with one attached hydrogen (secondary N) is 2. The second kappa shape index (κ2) is 9.49. The van der Waals surface area contributed by atoms with Gasteiger partial charge in [0, 0.05) is 41.7 Å². The van der Waals surface area contributed by atoms with E-state index in [0.29, 0.717) is 21.7 Å². The number of nitro benzene ring substituents is 1. The van der Waals surface area contributed by atoms with Crippen LogP contribution in [0.4, 0.5) is 11.4 Å². The number of fused-ring (bicyclic) bond motifs is 1. The smallest absolute Gasteiger partial charge is 0.269 e. The van der Waals surface area contributed by atoms with E-state index < -0.39 is 16.9 Å². The zero-order valence-corrected chi connectivity index (χ0v) is 17.9. The Bertz CT molecular complexity index is 1330. The van der Waals surface area contributed by atoms with Gasteiger partial charge in [-0.3, -0.25) is 24.9 Å². The number of phenols is 1. The Hall–Kier alpha value is -4.24.